The Morgan fingerprint density at radius 3 is 2.42 bits per heavy atom. The minimum Gasteiger partial charge on any atom is -0.484 e. The molecule has 33 heavy (non-hydrogen) atoms. The second-order valence-corrected chi connectivity index (χ2v) is 7.89. The molecule has 10 heteroatoms. The Hall–Kier alpha value is -3.66. The zero-order valence-electron chi connectivity index (χ0n) is 17.9. The van der Waals surface area contributed by atoms with Gasteiger partial charge in [0.15, 0.2) is 6.61 Å². The second-order valence-electron chi connectivity index (χ2n) is 6.89. The van der Waals surface area contributed by atoms with Crippen LogP contribution in [0.1, 0.15) is 19.4 Å². The SMILES string of the molecule is CCOC(=O)C(C)N1C(=O)S/C(=C/c2ccc(OCC(=O)Nc3ccc(F)cc3)cc2)C1=O. The molecule has 0 aliphatic carbocycles. The number of imide groups is 1. The molecule has 3 rings (SSSR count). The van der Waals surface area contributed by atoms with Crippen molar-refractivity contribution in [3.8, 4) is 5.75 Å². The van der Waals surface area contributed by atoms with Gasteiger partial charge in [0.05, 0.1) is 11.5 Å². The van der Waals surface area contributed by atoms with Crippen molar-refractivity contribution in [1.82, 2.24) is 4.90 Å². The van der Waals surface area contributed by atoms with Crippen molar-refractivity contribution in [3.05, 3.63) is 64.8 Å². The summed E-state index contributed by atoms with van der Waals surface area (Å²) < 4.78 is 23.2. The highest BCUT2D eigenvalue weighted by atomic mass is 32.2. The van der Waals surface area contributed by atoms with Crippen molar-refractivity contribution in [2.24, 2.45) is 0 Å². The number of ether oxygens (including phenoxy) is 2. The zero-order chi connectivity index (χ0) is 24.0. The van der Waals surface area contributed by atoms with E-state index in [4.69, 9.17) is 9.47 Å². The van der Waals surface area contributed by atoms with E-state index in [1.54, 1.807) is 31.2 Å². The molecule has 172 valence electrons. The van der Waals surface area contributed by atoms with Crippen LogP contribution in [0.5, 0.6) is 5.75 Å². The number of benzene rings is 2. The molecular formula is C23H21FN2O6S. The second kappa shape index (κ2) is 10.8. The molecule has 2 aromatic rings. The summed E-state index contributed by atoms with van der Waals surface area (Å²) in [6, 6.07) is 10.9. The van der Waals surface area contributed by atoms with Crippen molar-refractivity contribution in [3.63, 3.8) is 0 Å². The molecule has 0 spiro atoms. The van der Waals surface area contributed by atoms with Gasteiger partial charge in [0.25, 0.3) is 17.1 Å². The first-order valence-electron chi connectivity index (χ1n) is 10.0. The van der Waals surface area contributed by atoms with E-state index in [1.807, 2.05) is 0 Å². The fourth-order valence-corrected chi connectivity index (χ4v) is 3.78. The van der Waals surface area contributed by atoms with Gasteiger partial charge in [-0.1, -0.05) is 12.1 Å². The van der Waals surface area contributed by atoms with Crippen LogP contribution in [-0.4, -0.2) is 47.2 Å². The van der Waals surface area contributed by atoms with Crippen LogP contribution in [0, 0.1) is 5.82 Å². The molecule has 1 aliphatic rings. The van der Waals surface area contributed by atoms with Gasteiger partial charge in [0.2, 0.25) is 0 Å². The van der Waals surface area contributed by atoms with Crippen LogP contribution in [0.2, 0.25) is 0 Å². The standard InChI is InChI=1S/C23H21FN2O6S/c1-3-31-22(29)14(2)26-21(28)19(33-23(26)30)12-15-4-10-18(11-5-15)32-13-20(27)25-17-8-6-16(24)7-9-17/h4-12,14H,3,13H2,1-2H3,(H,25,27)/b19-12+. The minimum absolute atomic E-state index is 0.150. The van der Waals surface area contributed by atoms with Gasteiger partial charge in [-0.05, 0) is 73.6 Å². The van der Waals surface area contributed by atoms with Gasteiger partial charge >= 0.3 is 5.97 Å². The van der Waals surface area contributed by atoms with Gasteiger partial charge in [-0.15, -0.1) is 0 Å². The van der Waals surface area contributed by atoms with E-state index in [1.165, 1.54) is 37.3 Å². The summed E-state index contributed by atoms with van der Waals surface area (Å²) in [4.78, 5) is 49.8. The highest BCUT2D eigenvalue weighted by Crippen LogP contribution is 2.34. The van der Waals surface area contributed by atoms with Crippen LogP contribution in [0.15, 0.2) is 53.4 Å². The van der Waals surface area contributed by atoms with Crippen LogP contribution < -0.4 is 10.1 Å². The molecule has 3 amide bonds. The fourth-order valence-electron chi connectivity index (χ4n) is 2.87. The number of anilines is 1. The fraction of sp³-hybridized carbons (Fsp3) is 0.217. The first-order valence-corrected chi connectivity index (χ1v) is 10.8. The number of hydrogen-bond acceptors (Lipinski definition) is 7. The number of amides is 3. The number of thioether (sulfide) groups is 1. The Bertz CT molecular complexity index is 1090. The molecule has 1 atom stereocenters. The van der Waals surface area contributed by atoms with Gasteiger partial charge in [0.1, 0.15) is 17.6 Å². The summed E-state index contributed by atoms with van der Waals surface area (Å²) in [5, 5.41) is 2.04. The third-order valence-corrected chi connectivity index (χ3v) is 5.40. The minimum atomic E-state index is -1.01. The Morgan fingerprint density at radius 1 is 1.12 bits per heavy atom. The maximum Gasteiger partial charge on any atom is 0.329 e. The maximum absolute atomic E-state index is 12.9. The topological polar surface area (TPSA) is 102 Å². The van der Waals surface area contributed by atoms with Crippen molar-refractivity contribution >= 4 is 46.5 Å². The Morgan fingerprint density at radius 2 is 1.79 bits per heavy atom. The van der Waals surface area contributed by atoms with E-state index in [-0.39, 0.29) is 18.1 Å². The molecular weight excluding hydrogens is 451 g/mol. The van der Waals surface area contributed by atoms with E-state index in [0.29, 0.717) is 17.0 Å². The Kier molecular flexibility index (Phi) is 7.83. The van der Waals surface area contributed by atoms with E-state index < -0.39 is 34.9 Å². The molecule has 2 aromatic carbocycles. The predicted octanol–water partition coefficient (Wildman–Crippen LogP) is 3.83. The molecule has 0 bridgehead atoms. The summed E-state index contributed by atoms with van der Waals surface area (Å²) >= 11 is 0.744. The van der Waals surface area contributed by atoms with Crippen LogP contribution >= 0.6 is 11.8 Å². The van der Waals surface area contributed by atoms with E-state index in [2.05, 4.69) is 5.32 Å². The largest absolute Gasteiger partial charge is 0.484 e. The highest BCUT2D eigenvalue weighted by Gasteiger charge is 2.41. The Labute approximate surface area is 193 Å². The molecule has 1 heterocycles. The highest BCUT2D eigenvalue weighted by molar-refractivity contribution is 8.18. The van der Waals surface area contributed by atoms with Gasteiger partial charge in [-0.2, -0.15) is 0 Å². The average Bonchev–Trinajstić information content (AvgIpc) is 3.07. The van der Waals surface area contributed by atoms with E-state index in [9.17, 15) is 23.6 Å². The molecule has 0 radical (unpaired) electrons. The third kappa shape index (κ3) is 6.19. The lowest BCUT2D eigenvalue weighted by atomic mass is 10.2. The number of carbonyl (C=O) groups is 4. The number of esters is 1. The lowest BCUT2D eigenvalue weighted by Crippen LogP contribution is -2.42. The van der Waals surface area contributed by atoms with Crippen LogP contribution in [-0.2, 0) is 19.1 Å². The van der Waals surface area contributed by atoms with Crippen molar-refractivity contribution in [2.45, 2.75) is 19.9 Å². The number of nitrogens with one attached hydrogen (secondary N) is 1. The Balaban J connectivity index is 1.58. The van der Waals surface area contributed by atoms with Gasteiger partial charge in [-0.3, -0.25) is 19.3 Å². The number of hydrogen-bond donors (Lipinski definition) is 1. The van der Waals surface area contributed by atoms with Crippen LogP contribution in [0.4, 0.5) is 14.9 Å². The van der Waals surface area contributed by atoms with Crippen molar-refractivity contribution in [1.29, 1.82) is 0 Å². The molecule has 0 saturated carbocycles. The van der Waals surface area contributed by atoms with Gasteiger partial charge in [-0.25, -0.2) is 9.18 Å². The summed E-state index contributed by atoms with van der Waals surface area (Å²) in [6.45, 7) is 2.98. The lowest BCUT2D eigenvalue weighted by molar-refractivity contribution is -0.150. The summed E-state index contributed by atoms with van der Waals surface area (Å²) in [5.41, 5.74) is 1.08. The lowest BCUT2D eigenvalue weighted by Gasteiger charge is -2.19. The predicted molar refractivity (Wildman–Crippen MR) is 121 cm³/mol. The first-order chi connectivity index (χ1) is 15.8. The smallest absolute Gasteiger partial charge is 0.329 e. The normalized spacial score (nSPS) is 15.5. The van der Waals surface area contributed by atoms with Crippen LogP contribution in [0.3, 0.4) is 0 Å². The van der Waals surface area contributed by atoms with E-state index >= 15 is 0 Å². The number of halogens is 1. The number of carbonyl (C=O) groups excluding carboxylic acids is 4. The zero-order valence-corrected chi connectivity index (χ0v) is 18.7. The number of nitrogens with zero attached hydrogens (tertiary/aromatic N) is 1. The average molecular weight is 472 g/mol. The first kappa shape index (κ1) is 24.0. The molecule has 8 nitrogen and oxygen atoms in total. The van der Waals surface area contributed by atoms with E-state index in [0.717, 1.165) is 16.7 Å². The van der Waals surface area contributed by atoms with Gasteiger partial charge in [0, 0.05) is 5.69 Å². The van der Waals surface area contributed by atoms with Crippen LogP contribution in [0.25, 0.3) is 6.08 Å². The molecule has 1 N–H and O–H groups in total. The molecule has 1 aliphatic heterocycles. The third-order valence-electron chi connectivity index (χ3n) is 4.51. The summed E-state index contributed by atoms with van der Waals surface area (Å²) in [6.07, 6.45) is 1.54. The molecule has 1 unspecified atom stereocenters. The number of rotatable bonds is 8. The summed E-state index contributed by atoms with van der Waals surface area (Å²) in [5.74, 6) is -1.60. The maximum atomic E-state index is 12.9. The van der Waals surface area contributed by atoms with Crippen molar-refractivity contribution in [2.75, 3.05) is 18.5 Å². The van der Waals surface area contributed by atoms with Gasteiger partial charge < -0.3 is 14.8 Å². The quantitative estimate of drug-likeness (QED) is 0.460. The van der Waals surface area contributed by atoms with Crippen molar-refractivity contribution < 1.29 is 33.0 Å². The monoisotopic (exact) mass is 472 g/mol. The molecule has 1 saturated heterocycles. The molecule has 0 aromatic heterocycles. The summed E-state index contributed by atoms with van der Waals surface area (Å²) in [7, 11) is 0. The molecule has 1 fully saturated rings.